The summed E-state index contributed by atoms with van der Waals surface area (Å²) in [5.41, 5.74) is 7.81. The van der Waals surface area contributed by atoms with Gasteiger partial charge in [-0.25, -0.2) is 5.43 Å². The molecule has 0 heterocycles. The number of hydrazone groups is 1. The number of hydrogen-bond acceptors (Lipinski definition) is 3. The van der Waals surface area contributed by atoms with Gasteiger partial charge in [-0.15, -0.1) is 0 Å². The molecule has 0 radical (unpaired) electrons. The van der Waals surface area contributed by atoms with Crippen LogP contribution in [0.3, 0.4) is 0 Å². The summed E-state index contributed by atoms with van der Waals surface area (Å²) in [6.07, 6.45) is 0.704. The molecule has 3 aromatic carbocycles. The molecule has 1 N–H and O–H groups in total. The summed E-state index contributed by atoms with van der Waals surface area (Å²) in [5, 5.41) is 4.29. The van der Waals surface area contributed by atoms with Crippen molar-refractivity contribution in [3.63, 3.8) is 0 Å². The first-order valence-corrected chi connectivity index (χ1v) is 10.3. The van der Waals surface area contributed by atoms with Gasteiger partial charge in [0.1, 0.15) is 5.75 Å². The molecule has 4 nitrogen and oxygen atoms in total. The highest BCUT2D eigenvalue weighted by atomic mass is 79.9. The molecule has 0 saturated heterocycles. The SMILES string of the molecule is CCC(=NNC(=O)COc1ccc(C)cc1Br)c1ccc(-c2ccccc2)cc1. The van der Waals surface area contributed by atoms with Crippen LogP contribution in [0, 0.1) is 6.92 Å². The summed E-state index contributed by atoms with van der Waals surface area (Å²) < 4.78 is 6.38. The van der Waals surface area contributed by atoms with Gasteiger partial charge in [0.05, 0.1) is 10.2 Å². The maximum Gasteiger partial charge on any atom is 0.277 e. The summed E-state index contributed by atoms with van der Waals surface area (Å²) in [6, 6.07) is 24.1. The Bertz CT molecular complexity index is 999. The summed E-state index contributed by atoms with van der Waals surface area (Å²) in [5.74, 6) is 0.325. The van der Waals surface area contributed by atoms with E-state index in [4.69, 9.17) is 4.74 Å². The molecule has 3 aromatic rings. The maximum absolute atomic E-state index is 12.1. The number of benzene rings is 3. The molecule has 29 heavy (non-hydrogen) atoms. The van der Waals surface area contributed by atoms with Crippen LogP contribution in [0.5, 0.6) is 5.75 Å². The topological polar surface area (TPSA) is 50.7 Å². The summed E-state index contributed by atoms with van der Waals surface area (Å²) in [7, 11) is 0. The number of nitrogens with zero attached hydrogens (tertiary/aromatic N) is 1. The minimum Gasteiger partial charge on any atom is -0.483 e. The molecule has 3 rings (SSSR count). The number of hydrogen-bond donors (Lipinski definition) is 1. The van der Waals surface area contributed by atoms with E-state index in [1.54, 1.807) is 0 Å². The molecular formula is C24H23BrN2O2. The zero-order chi connectivity index (χ0) is 20.6. The maximum atomic E-state index is 12.1. The predicted molar refractivity (Wildman–Crippen MR) is 121 cm³/mol. The van der Waals surface area contributed by atoms with E-state index in [1.807, 2.05) is 62.4 Å². The van der Waals surface area contributed by atoms with Crippen LogP contribution in [-0.4, -0.2) is 18.2 Å². The molecule has 5 heteroatoms. The highest BCUT2D eigenvalue weighted by molar-refractivity contribution is 9.10. The van der Waals surface area contributed by atoms with Crippen LogP contribution >= 0.6 is 15.9 Å². The van der Waals surface area contributed by atoms with Gasteiger partial charge in [-0.05, 0) is 63.7 Å². The van der Waals surface area contributed by atoms with E-state index in [1.165, 1.54) is 5.56 Å². The molecule has 0 bridgehead atoms. The predicted octanol–water partition coefficient (Wildman–Crippen LogP) is 5.73. The molecule has 0 spiro atoms. The number of ether oxygens (including phenoxy) is 1. The molecule has 0 unspecified atom stereocenters. The molecule has 0 atom stereocenters. The Morgan fingerprint density at radius 1 is 1.00 bits per heavy atom. The second-order valence-corrected chi connectivity index (χ2v) is 7.47. The van der Waals surface area contributed by atoms with Crippen molar-refractivity contribution >= 4 is 27.5 Å². The molecule has 0 aliphatic carbocycles. The lowest BCUT2D eigenvalue weighted by Gasteiger charge is -2.09. The van der Waals surface area contributed by atoms with Crippen LogP contribution in [0.25, 0.3) is 11.1 Å². The van der Waals surface area contributed by atoms with Crippen molar-refractivity contribution < 1.29 is 9.53 Å². The Labute approximate surface area is 179 Å². The van der Waals surface area contributed by atoms with Gasteiger partial charge < -0.3 is 4.74 Å². The lowest BCUT2D eigenvalue weighted by Crippen LogP contribution is -2.26. The van der Waals surface area contributed by atoms with E-state index >= 15 is 0 Å². The van der Waals surface area contributed by atoms with Gasteiger partial charge in [0.15, 0.2) is 6.61 Å². The highest BCUT2D eigenvalue weighted by Crippen LogP contribution is 2.25. The monoisotopic (exact) mass is 450 g/mol. The summed E-state index contributed by atoms with van der Waals surface area (Å²) >= 11 is 3.44. The number of nitrogens with one attached hydrogen (secondary N) is 1. The number of aryl methyl sites for hydroxylation is 1. The number of carbonyl (C=O) groups excluding carboxylic acids is 1. The third-order valence-electron chi connectivity index (χ3n) is 4.42. The van der Waals surface area contributed by atoms with Gasteiger partial charge >= 0.3 is 0 Å². The smallest absolute Gasteiger partial charge is 0.277 e. The lowest BCUT2D eigenvalue weighted by molar-refractivity contribution is -0.123. The summed E-state index contributed by atoms with van der Waals surface area (Å²) in [4.78, 5) is 12.1. The van der Waals surface area contributed by atoms with E-state index in [9.17, 15) is 4.79 Å². The van der Waals surface area contributed by atoms with Gasteiger partial charge in [0, 0.05) is 0 Å². The first kappa shape index (κ1) is 20.8. The molecular weight excluding hydrogens is 428 g/mol. The van der Waals surface area contributed by atoms with Gasteiger partial charge in [0.2, 0.25) is 0 Å². The third kappa shape index (κ3) is 5.78. The number of amides is 1. The quantitative estimate of drug-likeness (QED) is 0.368. The zero-order valence-electron chi connectivity index (χ0n) is 16.5. The Hall–Kier alpha value is -2.92. The second kappa shape index (κ2) is 10.0. The van der Waals surface area contributed by atoms with Crippen LogP contribution in [-0.2, 0) is 4.79 Å². The van der Waals surface area contributed by atoms with E-state index in [0.29, 0.717) is 12.2 Å². The van der Waals surface area contributed by atoms with Crippen LogP contribution in [0.1, 0.15) is 24.5 Å². The number of rotatable bonds is 7. The molecule has 0 aliphatic heterocycles. The van der Waals surface area contributed by atoms with Crippen molar-refractivity contribution in [2.24, 2.45) is 5.10 Å². The highest BCUT2D eigenvalue weighted by Gasteiger charge is 2.07. The van der Waals surface area contributed by atoms with Crippen molar-refractivity contribution in [3.8, 4) is 16.9 Å². The average Bonchev–Trinajstić information content (AvgIpc) is 2.74. The average molecular weight is 451 g/mol. The molecule has 1 amide bonds. The molecule has 0 aliphatic rings. The first-order chi connectivity index (χ1) is 14.1. The Balaban J connectivity index is 1.61. The minimum absolute atomic E-state index is 0.102. The fraction of sp³-hybridized carbons (Fsp3) is 0.167. The van der Waals surface area contributed by atoms with Gasteiger partial charge in [-0.2, -0.15) is 5.10 Å². The molecule has 148 valence electrons. The standard InChI is InChI=1S/C24H23BrN2O2/c1-3-22(20-12-10-19(11-13-20)18-7-5-4-6-8-18)26-27-24(28)16-29-23-14-9-17(2)15-21(23)25/h4-15H,3,16H2,1-2H3,(H,27,28). The molecule has 0 fully saturated rings. The molecule has 0 saturated carbocycles. The summed E-state index contributed by atoms with van der Waals surface area (Å²) in [6.45, 7) is 3.90. The zero-order valence-corrected chi connectivity index (χ0v) is 18.1. The second-order valence-electron chi connectivity index (χ2n) is 6.61. The van der Waals surface area contributed by atoms with Crippen LogP contribution in [0.4, 0.5) is 0 Å². The van der Waals surface area contributed by atoms with Crippen molar-refractivity contribution in [2.45, 2.75) is 20.3 Å². The van der Waals surface area contributed by atoms with Crippen LogP contribution in [0.15, 0.2) is 82.4 Å². The Kier molecular flexibility index (Phi) is 7.19. The van der Waals surface area contributed by atoms with Gasteiger partial charge in [-0.3, -0.25) is 4.79 Å². The van der Waals surface area contributed by atoms with Crippen molar-refractivity contribution in [3.05, 3.63) is 88.4 Å². The molecule has 0 aromatic heterocycles. The Morgan fingerprint density at radius 3 is 2.34 bits per heavy atom. The number of halogens is 1. The normalized spacial score (nSPS) is 11.2. The Morgan fingerprint density at radius 2 is 1.69 bits per heavy atom. The van der Waals surface area contributed by atoms with Gasteiger partial charge in [-0.1, -0.05) is 67.6 Å². The van der Waals surface area contributed by atoms with E-state index in [2.05, 4.69) is 50.7 Å². The van der Waals surface area contributed by atoms with E-state index < -0.39 is 0 Å². The van der Waals surface area contributed by atoms with Crippen LogP contribution < -0.4 is 10.2 Å². The largest absolute Gasteiger partial charge is 0.483 e. The third-order valence-corrected chi connectivity index (χ3v) is 5.04. The van der Waals surface area contributed by atoms with E-state index in [0.717, 1.165) is 26.9 Å². The minimum atomic E-state index is -0.302. The fourth-order valence-corrected chi connectivity index (χ4v) is 3.47. The van der Waals surface area contributed by atoms with Crippen molar-refractivity contribution in [2.75, 3.05) is 6.61 Å². The number of carbonyl (C=O) groups is 1. The first-order valence-electron chi connectivity index (χ1n) is 9.47. The van der Waals surface area contributed by atoms with Gasteiger partial charge in [0.25, 0.3) is 5.91 Å². The lowest BCUT2D eigenvalue weighted by atomic mass is 10.0. The fourth-order valence-electron chi connectivity index (χ4n) is 2.86. The van der Waals surface area contributed by atoms with E-state index in [-0.39, 0.29) is 12.5 Å². The van der Waals surface area contributed by atoms with Crippen molar-refractivity contribution in [1.82, 2.24) is 5.43 Å². The van der Waals surface area contributed by atoms with Crippen LogP contribution in [0.2, 0.25) is 0 Å². The van der Waals surface area contributed by atoms with Crippen molar-refractivity contribution in [1.29, 1.82) is 0 Å².